The molecule has 6 heteroatoms. The maximum absolute atomic E-state index is 11.7. The summed E-state index contributed by atoms with van der Waals surface area (Å²) in [6.45, 7) is 0. The van der Waals surface area contributed by atoms with E-state index in [1.165, 1.54) is 12.2 Å². The van der Waals surface area contributed by atoms with Crippen molar-refractivity contribution in [1.82, 2.24) is 5.32 Å². The normalized spacial score (nSPS) is 16.4. The summed E-state index contributed by atoms with van der Waals surface area (Å²) in [4.78, 5) is 22.5. The summed E-state index contributed by atoms with van der Waals surface area (Å²) >= 11 is 0. The van der Waals surface area contributed by atoms with E-state index < -0.39 is 12.2 Å². The molecule has 0 saturated heterocycles. The van der Waals surface area contributed by atoms with E-state index in [0.717, 1.165) is 24.8 Å². The highest BCUT2D eigenvalue weighted by Crippen LogP contribution is 2.09. The van der Waals surface area contributed by atoms with E-state index in [1.54, 1.807) is 0 Å². The van der Waals surface area contributed by atoms with Gasteiger partial charge in [-0.1, -0.05) is 24.3 Å². The van der Waals surface area contributed by atoms with Gasteiger partial charge in [0.2, 0.25) is 5.91 Å². The molecule has 0 aromatic heterocycles. The quantitative estimate of drug-likeness (QED) is 0.305. The number of unbranched alkanes of at least 4 members (excludes halogenated alkanes) is 1. The number of nitrogen functional groups attached to an aromatic ring is 1. The van der Waals surface area contributed by atoms with Crippen LogP contribution < -0.4 is 11.1 Å². The van der Waals surface area contributed by atoms with Gasteiger partial charge in [-0.15, -0.1) is 0 Å². The Labute approximate surface area is 128 Å². The van der Waals surface area contributed by atoms with Gasteiger partial charge in [0, 0.05) is 18.1 Å². The van der Waals surface area contributed by atoms with E-state index in [2.05, 4.69) is 5.32 Å². The van der Waals surface area contributed by atoms with Gasteiger partial charge in [0.05, 0.1) is 0 Å². The average molecular weight is 301 g/mol. The summed E-state index contributed by atoms with van der Waals surface area (Å²) in [5.74, 6) is -0.500. The monoisotopic (exact) mass is 301 g/mol. The highest BCUT2D eigenvalue weighted by Gasteiger charge is 2.17. The minimum absolute atomic E-state index is 0.0601. The maximum atomic E-state index is 11.7. The van der Waals surface area contributed by atoms with Crippen LogP contribution in [0.5, 0.6) is 0 Å². The fourth-order valence-corrected chi connectivity index (χ4v) is 2.14. The molecule has 0 radical (unpaired) electrons. The molecule has 0 fully saturated rings. The molecule has 0 spiro atoms. The van der Waals surface area contributed by atoms with Crippen molar-refractivity contribution in [3.05, 3.63) is 47.5 Å². The van der Waals surface area contributed by atoms with Crippen LogP contribution in [-0.2, 0) is 20.7 Å². The number of ether oxygens (including phenoxy) is 1. The van der Waals surface area contributed by atoms with Crippen LogP contribution >= 0.6 is 0 Å². The van der Waals surface area contributed by atoms with Crippen molar-refractivity contribution >= 4 is 17.7 Å². The number of nitrogens with one attached hydrogen (secondary N) is 2. The number of carbonyl (C=O) groups excluding carboxylic acids is 2. The van der Waals surface area contributed by atoms with Crippen LogP contribution in [0, 0.1) is 5.41 Å². The van der Waals surface area contributed by atoms with Gasteiger partial charge >= 0.3 is 5.97 Å². The predicted octanol–water partition coefficient (Wildman–Crippen LogP) is 1.24. The molecule has 1 atom stereocenters. The lowest BCUT2D eigenvalue weighted by molar-refractivity contribution is -0.141. The first kappa shape index (κ1) is 15.8. The number of nitrogens with two attached hydrogens (primary N) is 1. The second-order valence-corrected chi connectivity index (χ2v) is 5.10. The van der Waals surface area contributed by atoms with E-state index in [9.17, 15) is 9.59 Å². The molecular formula is C16H19N3O3. The molecule has 1 aromatic rings. The number of amidine groups is 1. The summed E-state index contributed by atoms with van der Waals surface area (Å²) in [6.07, 6.45) is 5.10. The highest BCUT2D eigenvalue weighted by molar-refractivity contribution is 5.94. The third-order valence-electron chi connectivity index (χ3n) is 3.34. The Kier molecular flexibility index (Phi) is 5.30. The van der Waals surface area contributed by atoms with Crippen LogP contribution in [0.15, 0.2) is 36.4 Å². The highest BCUT2D eigenvalue weighted by atomic mass is 16.6. The molecule has 0 bridgehead atoms. The first-order valence-electron chi connectivity index (χ1n) is 7.16. The van der Waals surface area contributed by atoms with Gasteiger partial charge in [-0.05, 0) is 30.9 Å². The first-order valence-corrected chi connectivity index (χ1v) is 7.16. The van der Waals surface area contributed by atoms with E-state index in [0.29, 0.717) is 12.0 Å². The molecule has 1 aliphatic rings. The molecule has 4 N–H and O–H groups in total. The number of carbonyl (C=O) groups is 2. The Balaban J connectivity index is 1.64. The predicted molar refractivity (Wildman–Crippen MR) is 82.2 cm³/mol. The lowest BCUT2D eigenvalue weighted by atomic mass is 10.0. The molecule has 2 rings (SSSR count). The standard InChI is InChI=1S/C16H19N3O3/c17-16(18)12-7-5-11(6-8-12)3-1-2-4-13(20)19-14-9-10-15(21)22-14/h5-10,14H,1-4H2,(H3,17,18)(H,19,20). The number of amides is 1. The Bertz CT molecular complexity index is 593. The zero-order valence-corrected chi connectivity index (χ0v) is 12.2. The summed E-state index contributed by atoms with van der Waals surface area (Å²) in [5, 5.41) is 9.94. The molecule has 1 amide bonds. The number of hydrogen-bond acceptors (Lipinski definition) is 4. The molecule has 1 heterocycles. The van der Waals surface area contributed by atoms with Gasteiger partial charge in [0.1, 0.15) is 5.84 Å². The maximum Gasteiger partial charge on any atom is 0.332 e. The Morgan fingerprint density at radius 2 is 2.00 bits per heavy atom. The Hall–Kier alpha value is -2.63. The molecule has 22 heavy (non-hydrogen) atoms. The molecular weight excluding hydrogens is 282 g/mol. The van der Waals surface area contributed by atoms with Gasteiger partial charge in [0.25, 0.3) is 0 Å². The Morgan fingerprint density at radius 3 is 2.59 bits per heavy atom. The van der Waals surface area contributed by atoms with Crippen LogP contribution in [0.2, 0.25) is 0 Å². The lowest BCUT2D eigenvalue weighted by Gasteiger charge is -2.10. The summed E-state index contributed by atoms with van der Waals surface area (Å²) in [6, 6.07) is 7.54. The van der Waals surface area contributed by atoms with Crippen molar-refractivity contribution in [3.8, 4) is 0 Å². The van der Waals surface area contributed by atoms with Crippen molar-refractivity contribution in [2.24, 2.45) is 5.73 Å². The average Bonchev–Trinajstić information content (AvgIpc) is 2.89. The zero-order valence-electron chi connectivity index (χ0n) is 12.2. The van der Waals surface area contributed by atoms with Crippen molar-refractivity contribution in [2.45, 2.75) is 31.9 Å². The van der Waals surface area contributed by atoms with Gasteiger partial charge < -0.3 is 15.8 Å². The molecule has 0 saturated carbocycles. The van der Waals surface area contributed by atoms with Gasteiger partial charge in [-0.3, -0.25) is 10.2 Å². The van der Waals surface area contributed by atoms with Gasteiger partial charge in [-0.25, -0.2) is 4.79 Å². The number of aryl methyl sites for hydroxylation is 1. The van der Waals surface area contributed by atoms with Crippen molar-refractivity contribution in [2.75, 3.05) is 0 Å². The zero-order chi connectivity index (χ0) is 15.9. The smallest absolute Gasteiger partial charge is 0.332 e. The van der Waals surface area contributed by atoms with E-state index >= 15 is 0 Å². The molecule has 6 nitrogen and oxygen atoms in total. The topological polar surface area (TPSA) is 105 Å². The van der Waals surface area contributed by atoms with Gasteiger partial charge in [0.15, 0.2) is 6.23 Å². The van der Waals surface area contributed by atoms with E-state index in [1.807, 2.05) is 24.3 Å². The van der Waals surface area contributed by atoms with Crippen LogP contribution in [0.1, 0.15) is 30.4 Å². The summed E-state index contributed by atoms with van der Waals surface area (Å²) in [7, 11) is 0. The van der Waals surface area contributed by atoms with Crippen LogP contribution in [0.25, 0.3) is 0 Å². The van der Waals surface area contributed by atoms with Crippen molar-refractivity contribution in [3.63, 3.8) is 0 Å². The molecule has 1 aromatic carbocycles. The van der Waals surface area contributed by atoms with Crippen molar-refractivity contribution < 1.29 is 14.3 Å². The number of rotatable bonds is 7. The Morgan fingerprint density at radius 1 is 1.27 bits per heavy atom. The fraction of sp³-hybridized carbons (Fsp3) is 0.312. The van der Waals surface area contributed by atoms with E-state index in [4.69, 9.17) is 15.9 Å². The summed E-state index contributed by atoms with van der Waals surface area (Å²) in [5.41, 5.74) is 7.26. The molecule has 1 unspecified atom stereocenters. The molecule has 0 aliphatic carbocycles. The van der Waals surface area contributed by atoms with Crippen molar-refractivity contribution in [1.29, 1.82) is 5.41 Å². The number of hydrogen-bond donors (Lipinski definition) is 3. The second-order valence-electron chi connectivity index (χ2n) is 5.10. The summed E-state index contributed by atoms with van der Waals surface area (Å²) < 4.78 is 4.83. The third kappa shape index (κ3) is 4.73. The van der Waals surface area contributed by atoms with Crippen LogP contribution in [0.4, 0.5) is 0 Å². The third-order valence-corrected chi connectivity index (χ3v) is 3.34. The lowest BCUT2D eigenvalue weighted by Crippen LogP contribution is -2.34. The van der Waals surface area contributed by atoms with E-state index in [-0.39, 0.29) is 11.7 Å². The van der Waals surface area contributed by atoms with Gasteiger partial charge in [-0.2, -0.15) is 0 Å². The largest absolute Gasteiger partial charge is 0.435 e. The molecule has 1 aliphatic heterocycles. The van der Waals surface area contributed by atoms with Crippen LogP contribution in [0.3, 0.4) is 0 Å². The number of cyclic esters (lactones) is 1. The minimum Gasteiger partial charge on any atom is -0.435 e. The fourth-order valence-electron chi connectivity index (χ4n) is 2.14. The second kappa shape index (κ2) is 7.40. The first-order chi connectivity index (χ1) is 10.5. The number of esters is 1. The molecule has 116 valence electrons. The minimum atomic E-state index is -0.626. The van der Waals surface area contributed by atoms with Crippen LogP contribution in [-0.4, -0.2) is 23.9 Å². The SMILES string of the molecule is N=C(N)c1ccc(CCCCC(=O)NC2C=CC(=O)O2)cc1. The number of benzene rings is 1.